The van der Waals surface area contributed by atoms with Gasteiger partial charge in [-0.3, -0.25) is 4.21 Å². The van der Waals surface area contributed by atoms with Gasteiger partial charge in [-0.2, -0.15) is 0 Å². The summed E-state index contributed by atoms with van der Waals surface area (Å²) in [6.07, 6.45) is 0.789. The average molecular weight is 247 g/mol. The summed E-state index contributed by atoms with van der Waals surface area (Å²) >= 11 is 5.69. The highest BCUT2D eigenvalue weighted by atomic mass is 35.5. The third-order valence-corrected chi connectivity index (χ3v) is 3.71. The summed E-state index contributed by atoms with van der Waals surface area (Å²) < 4.78 is 11.6. The SMILES string of the molecule is CCCS(=O)c1ccc(Cl)c(C(=O)O)c1. The lowest BCUT2D eigenvalue weighted by molar-refractivity contribution is 0.0697. The molecule has 0 saturated carbocycles. The molecule has 1 rings (SSSR count). The molecule has 15 heavy (non-hydrogen) atoms. The third kappa shape index (κ3) is 3.04. The third-order valence-electron chi connectivity index (χ3n) is 1.82. The standard InChI is InChI=1S/C10H11ClO3S/c1-2-5-15(14)7-3-4-9(11)8(6-7)10(12)13/h3-4,6H,2,5H2,1H3,(H,12,13). The van der Waals surface area contributed by atoms with E-state index in [1.807, 2.05) is 6.92 Å². The average Bonchev–Trinajstić information content (AvgIpc) is 2.18. The van der Waals surface area contributed by atoms with E-state index in [9.17, 15) is 9.00 Å². The lowest BCUT2D eigenvalue weighted by Gasteiger charge is -2.03. The molecule has 0 aliphatic rings. The van der Waals surface area contributed by atoms with Crippen molar-refractivity contribution in [1.29, 1.82) is 0 Å². The van der Waals surface area contributed by atoms with E-state index in [0.29, 0.717) is 10.6 Å². The molecular weight excluding hydrogens is 236 g/mol. The Morgan fingerprint density at radius 3 is 2.73 bits per heavy atom. The van der Waals surface area contributed by atoms with Gasteiger partial charge >= 0.3 is 5.97 Å². The second-order valence-electron chi connectivity index (χ2n) is 3.00. The van der Waals surface area contributed by atoms with Crippen molar-refractivity contribution in [2.75, 3.05) is 5.75 Å². The molecular formula is C10H11ClO3S. The van der Waals surface area contributed by atoms with Crippen molar-refractivity contribution in [3.8, 4) is 0 Å². The lowest BCUT2D eigenvalue weighted by atomic mass is 10.2. The summed E-state index contributed by atoms with van der Waals surface area (Å²) in [5.74, 6) is -0.573. The maximum Gasteiger partial charge on any atom is 0.337 e. The summed E-state index contributed by atoms with van der Waals surface area (Å²) in [6, 6.07) is 4.44. The quantitative estimate of drug-likeness (QED) is 0.888. The van der Waals surface area contributed by atoms with Crippen molar-refractivity contribution in [3.63, 3.8) is 0 Å². The first-order chi connectivity index (χ1) is 7.06. The fourth-order valence-corrected chi connectivity index (χ4v) is 2.39. The Kier molecular flexibility index (Phi) is 4.29. The Hall–Kier alpha value is -0.870. The van der Waals surface area contributed by atoms with E-state index >= 15 is 0 Å². The Morgan fingerprint density at radius 1 is 1.53 bits per heavy atom. The van der Waals surface area contributed by atoms with Crippen molar-refractivity contribution in [2.24, 2.45) is 0 Å². The van der Waals surface area contributed by atoms with Crippen LogP contribution in [0.5, 0.6) is 0 Å². The van der Waals surface area contributed by atoms with E-state index in [1.54, 1.807) is 6.07 Å². The molecule has 0 saturated heterocycles. The van der Waals surface area contributed by atoms with Crippen molar-refractivity contribution in [2.45, 2.75) is 18.2 Å². The van der Waals surface area contributed by atoms with E-state index < -0.39 is 16.8 Å². The fraction of sp³-hybridized carbons (Fsp3) is 0.300. The molecule has 0 fully saturated rings. The predicted octanol–water partition coefficient (Wildman–Crippen LogP) is 2.56. The first-order valence-electron chi connectivity index (χ1n) is 4.47. The molecule has 3 nitrogen and oxygen atoms in total. The number of benzene rings is 1. The Labute approximate surface area is 95.5 Å². The first kappa shape index (κ1) is 12.2. The summed E-state index contributed by atoms with van der Waals surface area (Å²) in [5, 5.41) is 8.98. The van der Waals surface area contributed by atoms with Gasteiger partial charge in [0.25, 0.3) is 0 Å². The van der Waals surface area contributed by atoms with Crippen LogP contribution in [-0.2, 0) is 10.8 Å². The molecule has 1 aromatic rings. The van der Waals surface area contributed by atoms with Crippen LogP contribution >= 0.6 is 11.6 Å². The number of rotatable bonds is 4. The van der Waals surface area contributed by atoms with E-state index in [4.69, 9.17) is 16.7 Å². The van der Waals surface area contributed by atoms with Gasteiger partial charge in [-0.1, -0.05) is 18.5 Å². The van der Waals surface area contributed by atoms with Gasteiger partial charge in [-0.15, -0.1) is 0 Å². The molecule has 5 heteroatoms. The van der Waals surface area contributed by atoms with Gasteiger partial charge in [-0.05, 0) is 24.6 Å². The fourth-order valence-electron chi connectivity index (χ4n) is 1.11. The molecule has 0 bridgehead atoms. The molecule has 0 aliphatic heterocycles. The normalized spacial score (nSPS) is 12.4. The van der Waals surface area contributed by atoms with Crippen LogP contribution < -0.4 is 0 Å². The molecule has 1 N–H and O–H groups in total. The Balaban J connectivity index is 3.07. The van der Waals surface area contributed by atoms with E-state index in [1.165, 1.54) is 12.1 Å². The highest BCUT2D eigenvalue weighted by Gasteiger charge is 2.11. The minimum Gasteiger partial charge on any atom is -0.478 e. The van der Waals surface area contributed by atoms with Gasteiger partial charge < -0.3 is 5.11 Å². The molecule has 0 aromatic heterocycles. The number of carboxylic acids is 1. The highest BCUT2D eigenvalue weighted by Crippen LogP contribution is 2.19. The van der Waals surface area contributed by atoms with Gasteiger partial charge in [0.05, 0.1) is 21.4 Å². The molecule has 0 aliphatic carbocycles. The molecule has 1 unspecified atom stereocenters. The maximum absolute atomic E-state index is 11.6. The minimum absolute atomic E-state index is 0.00128. The molecule has 0 amide bonds. The van der Waals surface area contributed by atoms with E-state index in [-0.39, 0.29) is 10.6 Å². The number of hydrogen-bond acceptors (Lipinski definition) is 2. The second-order valence-corrected chi connectivity index (χ2v) is 4.97. The summed E-state index contributed by atoms with van der Waals surface area (Å²) in [7, 11) is -1.14. The number of hydrogen-bond donors (Lipinski definition) is 1. The van der Waals surface area contributed by atoms with Crippen LogP contribution in [0.3, 0.4) is 0 Å². The van der Waals surface area contributed by atoms with Crippen LogP contribution in [0.4, 0.5) is 0 Å². The zero-order valence-corrected chi connectivity index (χ0v) is 9.77. The minimum atomic E-state index is -1.14. The molecule has 0 radical (unpaired) electrons. The van der Waals surface area contributed by atoms with Crippen molar-refractivity contribution in [3.05, 3.63) is 28.8 Å². The molecule has 0 heterocycles. The van der Waals surface area contributed by atoms with E-state index in [0.717, 1.165) is 6.42 Å². The van der Waals surface area contributed by atoms with Gasteiger partial charge in [0.2, 0.25) is 0 Å². The monoisotopic (exact) mass is 246 g/mol. The van der Waals surface area contributed by atoms with Crippen LogP contribution in [0, 0.1) is 0 Å². The van der Waals surface area contributed by atoms with Crippen LogP contribution in [0.25, 0.3) is 0 Å². The maximum atomic E-state index is 11.6. The van der Waals surface area contributed by atoms with Crippen LogP contribution in [0.15, 0.2) is 23.1 Å². The van der Waals surface area contributed by atoms with Gasteiger partial charge in [0, 0.05) is 10.6 Å². The largest absolute Gasteiger partial charge is 0.478 e. The Bertz CT molecular complexity index is 404. The predicted molar refractivity (Wildman–Crippen MR) is 60.0 cm³/mol. The van der Waals surface area contributed by atoms with Crippen LogP contribution in [-0.4, -0.2) is 21.0 Å². The van der Waals surface area contributed by atoms with Gasteiger partial charge in [-0.25, -0.2) is 4.79 Å². The lowest BCUT2D eigenvalue weighted by Crippen LogP contribution is -2.02. The zero-order valence-electron chi connectivity index (χ0n) is 8.20. The van der Waals surface area contributed by atoms with Gasteiger partial charge in [0.15, 0.2) is 0 Å². The van der Waals surface area contributed by atoms with Crippen molar-refractivity contribution < 1.29 is 14.1 Å². The zero-order chi connectivity index (χ0) is 11.4. The number of carbonyl (C=O) groups is 1. The topological polar surface area (TPSA) is 54.4 Å². The van der Waals surface area contributed by atoms with Crippen molar-refractivity contribution >= 4 is 28.4 Å². The number of carboxylic acid groups (broad SMARTS) is 1. The molecule has 0 spiro atoms. The highest BCUT2D eigenvalue weighted by molar-refractivity contribution is 7.85. The summed E-state index contributed by atoms with van der Waals surface area (Å²) in [5.41, 5.74) is -0.00128. The molecule has 1 atom stereocenters. The van der Waals surface area contributed by atoms with Crippen molar-refractivity contribution in [1.82, 2.24) is 0 Å². The molecule has 82 valence electrons. The number of halogens is 1. The number of aromatic carboxylic acids is 1. The summed E-state index contributed by atoms with van der Waals surface area (Å²) in [6.45, 7) is 1.92. The first-order valence-corrected chi connectivity index (χ1v) is 6.17. The molecule has 1 aromatic carbocycles. The van der Waals surface area contributed by atoms with Gasteiger partial charge in [0.1, 0.15) is 0 Å². The van der Waals surface area contributed by atoms with Crippen LogP contribution in [0.2, 0.25) is 5.02 Å². The Morgan fingerprint density at radius 2 is 2.20 bits per heavy atom. The van der Waals surface area contributed by atoms with Crippen LogP contribution in [0.1, 0.15) is 23.7 Å². The second kappa shape index (κ2) is 5.28. The van der Waals surface area contributed by atoms with E-state index in [2.05, 4.69) is 0 Å². The summed E-state index contributed by atoms with van der Waals surface area (Å²) in [4.78, 5) is 11.3. The smallest absolute Gasteiger partial charge is 0.337 e.